The van der Waals surface area contributed by atoms with Gasteiger partial charge in [0.15, 0.2) is 0 Å². The van der Waals surface area contributed by atoms with Crippen LogP contribution in [0.15, 0.2) is 24.3 Å². The number of carboxylic acids is 1. The first-order chi connectivity index (χ1) is 9.51. The topological polar surface area (TPSA) is 105 Å². The number of hydrogen-bond donors (Lipinski definition) is 3. The Kier molecular flexibility index (Phi) is 6.02. The van der Waals surface area contributed by atoms with Crippen molar-refractivity contribution >= 4 is 23.7 Å². The number of rotatable bonds is 6. The van der Waals surface area contributed by atoms with Crippen molar-refractivity contribution in [3.05, 3.63) is 29.8 Å². The van der Waals surface area contributed by atoms with Crippen LogP contribution in [0, 0.1) is 0 Å². The number of aliphatic carboxylic acids is 1. The first kappa shape index (κ1) is 15.5. The molecule has 7 nitrogen and oxygen atoms in total. The number of amides is 2. The van der Waals surface area contributed by atoms with Crippen molar-refractivity contribution in [2.75, 3.05) is 18.5 Å². The van der Waals surface area contributed by atoms with E-state index >= 15 is 0 Å². The summed E-state index contributed by atoms with van der Waals surface area (Å²) in [5.41, 5.74) is 1.13. The third-order valence-electron chi connectivity index (χ3n) is 2.27. The van der Waals surface area contributed by atoms with E-state index in [-0.39, 0.29) is 19.6 Å². The first-order valence-electron chi connectivity index (χ1n) is 6.02. The van der Waals surface area contributed by atoms with Gasteiger partial charge in [-0.1, -0.05) is 12.1 Å². The fourth-order valence-electron chi connectivity index (χ4n) is 1.42. The zero-order valence-corrected chi connectivity index (χ0v) is 11.0. The molecule has 0 bridgehead atoms. The molecule has 0 aliphatic rings. The molecular weight excluding hydrogens is 264 g/mol. The SMILES string of the molecule is CCOC(=O)CNC(=O)Nc1ccc(CC(=O)O)cc1. The summed E-state index contributed by atoms with van der Waals surface area (Å²) >= 11 is 0. The van der Waals surface area contributed by atoms with Crippen molar-refractivity contribution in [3.63, 3.8) is 0 Å². The molecule has 0 radical (unpaired) electrons. The van der Waals surface area contributed by atoms with Crippen molar-refractivity contribution in [3.8, 4) is 0 Å². The summed E-state index contributed by atoms with van der Waals surface area (Å²) in [6, 6.07) is 5.85. The lowest BCUT2D eigenvalue weighted by molar-refractivity contribution is -0.141. The Hall–Kier alpha value is -2.57. The largest absolute Gasteiger partial charge is 0.481 e. The smallest absolute Gasteiger partial charge is 0.325 e. The van der Waals surface area contributed by atoms with Crippen LogP contribution >= 0.6 is 0 Å². The third kappa shape index (κ3) is 5.85. The number of benzene rings is 1. The summed E-state index contributed by atoms with van der Waals surface area (Å²) in [4.78, 5) is 33.0. The van der Waals surface area contributed by atoms with Gasteiger partial charge >= 0.3 is 18.0 Å². The first-order valence-corrected chi connectivity index (χ1v) is 6.02. The second-order valence-corrected chi connectivity index (χ2v) is 3.88. The van der Waals surface area contributed by atoms with Crippen LogP contribution in [0.1, 0.15) is 12.5 Å². The second-order valence-electron chi connectivity index (χ2n) is 3.88. The predicted molar refractivity (Wildman–Crippen MR) is 71.4 cm³/mol. The number of anilines is 1. The average Bonchev–Trinajstić information content (AvgIpc) is 2.38. The number of esters is 1. The van der Waals surface area contributed by atoms with Crippen LogP contribution in [0.2, 0.25) is 0 Å². The Bertz CT molecular complexity index is 484. The highest BCUT2D eigenvalue weighted by atomic mass is 16.5. The lowest BCUT2D eigenvalue weighted by Gasteiger charge is -2.07. The number of hydrogen-bond acceptors (Lipinski definition) is 4. The van der Waals surface area contributed by atoms with Crippen LogP contribution in [0.4, 0.5) is 10.5 Å². The quantitative estimate of drug-likeness (QED) is 0.674. The van der Waals surface area contributed by atoms with Gasteiger partial charge in [0, 0.05) is 5.69 Å². The van der Waals surface area contributed by atoms with Crippen LogP contribution in [0.25, 0.3) is 0 Å². The van der Waals surface area contributed by atoms with E-state index in [1.165, 1.54) is 0 Å². The zero-order chi connectivity index (χ0) is 15.0. The molecule has 0 aliphatic heterocycles. The Morgan fingerprint density at radius 3 is 2.40 bits per heavy atom. The molecular formula is C13H16N2O5. The molecule has 1 aromatic rings. The molecule has 0 unspecified atom stereocenters. The van der Waals surface area contributed by atoms with E-state index in [0.29, 0.717) is 11.3 Å². The molecule has 0 aliphatic carbocycles. The highest BCUT2D eigenvalue weighted by Gasteiger charge is 2.06. The summed E-state index contributed by atoms with van der Waals surface area (Å²) in [6.45, 7) is 1.72. The molecule has 0 heterocycles. The fourth-order valence-corrected chi connectivity index (χ4v) is 1.42. The van der Waals surface area contributed by atoms with Crippen LogP contribution in [-0.2, 0) is 20.7 Å². The summed E-state index contributed by atoms with van der Waals surface area (Å²) in [6.07, 6.45) is -0.0741. The maximum absolute atomic E-state index is 11.5. The Labute approximate surface area is 115 Å². The molecule has 20 heavy (non-hydrogen) atoms. The van der Waals surface area contributed by atoms with Gasteiger partial charge in [-0.2, -0.15) is 0 Å². The number of carbonyl (C=O) groups is 3. The summed E-state index contributed by atoms with van der Waals surface area (Å²) in [7, 11) is 0. The van der Waals surface area contributed by atoms with E-state index in [9.17, 15) is 14.4 Å². The summed E-state index contributed by atoms with van der Waals surface area (Å²) in [5.74, 6) is -1.43. The van der Waals surface area contributed by atoms with Crippen LogP contribution in [-0.4, -0.2) is 36.2 Å². The molecule has 0 saturated heterocycles. The van der Waals surface area contributed by atoms with Crippen molar-refractivity contribution < 1.29 is 24.2 Å². The number of carbonyl (C=O) groups excluding carboxylic acids is 2. The van der Waals surface area contributed by atoms with Crippen LogP contribution in [0.3, 0.4) is 0 Å². The van der Waals surface area contributed by atoms with E-state index in [1.54, 1.807) is 31.2 Å². The Morgan fingerprint density at radius 2 is 1.85 bits per heavy atom. The van der Waals surface area contributed by atoms with Gasteiger partial charge in [0.1, 0.15) is 6.54 Å². The third-order valence-corrected chi connectivity index (χ3v) is 2.27. The molecule has 0 spiro atoms. The number of carboxylic acid groups (broad SMARTS) is 1. The molecule has 1 rings (SSSR count). The molecule has 0 fully saturated rings. The Morgan fingerprint density at radius 1 is 1.20 bits per heavy atom. The Balaban J connectivity index is 2.42. The number of ether oxygens (including phenoxy) is 1. The molecule has 0 atom stereocenters. The lowest BCUT2D eigenvalue weighted by atomic mass is 10.1. The van der Waals surface area contributed by atoms with Crippen molar-refractivity contribution in [2.24, 2.45) is 0 Å². The zero-order valence-electron chi connectivity index (χ0n) is 11.0. The van der Waals surface area contributed by atoms with Gasteiger partial charge in [0.2, 0.25) is 0 Å². The van der Waals surface area contributed by atoms with Gasteiger partial charge in [-0.15, -0.1) is 0 Å². The summed E-state index contributed by atoms with van der Waals surface area (Å²) in [5, 5.41) is 13.5. The van der Waals surface area contributed by atoms with Gasteiger partial charge in [-0.25, -0.2) is 4.79 Å². The molecule has 2 amide bonds. The second kappa shape index (κ2) is 7.78. The van der Waals surface area contributed by atoms with Gasteiger partial charge < -0.3 is 20.5 Å². The molecule has 1 aromatic carbocycles. The number of nitrogens with one attached hydrogen (secondary N) is 2. The fraction of sp³-hybridized carbons (Fsp3) is 0.308. The standard InChI is InChI=1S/C13H16N2O5/c1-2-20-12(18)8-14-13(19)15-10-5-3-9(4-6-10)7-11(16)17/h3-6H,2,7-8H2,1H3,(H,16,17)(H2,14,15,19). The van der Waals surface area contributed by atoms with Gasteiger partial charge in [0.25, 0.3) is 0 Å². The van der Waals surface area contributed by atoms with Crippen molar-refractivity contribution in [2.45, 2.75) is 13.3 Å². The molecule has 108 valence electrons. The van der Waals surface area contributed by atoms with Crippen molar-refractivity contribution in [1.82, 2.24) is 5.32 Å². The van der Waals surface area contributed by atoms with Crippen molar-refractivity contribution in [1.29, 1.82) is 0 Å². The monoisotopic (exact) mass is 280 g/mol. The summed E-state index contributed by atoms with van der Waals surface area (Å²) < 4.78 is 4.66. The minimum atomic E-state index is -0.919. The predicted octanol–water partition coefficient (Wildman–Crippen LogP) is 0.998. The van der Waals surface area contributed by atoms with E-state index < -0.39 is 18.0 Å². The van der Waals surface area contributed by atoms with E-state index in [0.717, 1.165) is 0 Å². The van der Waals surface area contributed by atoms with Gasteiger partial charge in [0.05, 0.1) is 13.0 Å². The van der Waals surface area contributed by atoms with E-state index in [2.05, 4.69) is 15.4 Å². The highest BCUT2D eigenvalue weighted by Crippen LogP contribution is 2.09. The van der Waals surface area contributed by atoms with E-state index in [4.69, 9.17) is 5.11 Å². The normalized spacial score (nSPS) is 9.65. The maximum atomic E-state index is 11.5. The minimum absolute atomic E-state index is 0.0741. The molecule has 0 saturated carbocycles. The maximum Gasteiger partial charge on any atom is 0.325 e. The molecule has 3 N–H and O–H groups in total. The van der Waals surface area contributed by atoms with Gasteiger partial charge in [-0.05, 0) is 24.6 Å². The van der Waals surface area contributed by atoms with E-state index in [1.807, 2.05) is 0 Å². The molecule has 0 aromatic heterocycles. The van der Waals surface area contributed by atoms with Crippen LogP contribution < -0.4 is 10.6 Å². The van der Waals surface area contributed by atoms with Gasteiger partial charge in [-0.3, -0.25) is 9.59 Å². The minimum Gasteiger partial charge on any atom is -0.481 e. The van der Waals surface area contributed by atoms with Crippen LogP contribution in [0.5, 0.6) is 0 Å². The number of urea groups is 1. The highest BCUT2D eigenvalue weighted by molar-refractivity contribution is 5.91. The molecule has 7 heteroatoms. The lowest BCUT2D eigenvalue weighted by Crippen LogP contribution is -2.34. The average molecular weight is 280 g/mol.